The number of aromatic nitrogens is 1. The van der Waals surface area contributed by atoms with Crippen molar-refractivity contribution in [1.82, 2.24) is 9.88 Å². The minimum absolute atomic E-state index is 0.194. The molecule has 3 heteroatoms. The number of β-amino-alcohol motifs (C(OH)–C–C–N with tert-alkyl or cyclic N) is 1. The molecule has 0 bridgehead atoms. The van der Waals surface area contributed by atoms with Crippen molar-refractivity contribution in [3.05, 3.63) is 29.1 Å². The van der Waals surface area contributed by atoms with Crippen LogP contribution in [0.2, 0.25) is 0 Å². The topological polar surface area (TPSA) is 36.4 Å². The van der Waals surface area contributed by atoms with Crippen molar-refractivity contribution in [1.29, 1.82) is 0 Å². The molecule has 2 rings (SSSR count). The van der Waals surface area contributed by atoms with Gasteiger partial charge in [0.2, 0.25) is 0 Å². The Kier molecular flexibility index (Phi) is 4.57. The van der Waals surface area contributed by atoms with Crippen LogP contribution in [0, 0.1) is 12.3 Å². The van der Waals surface area contributed by atoms with E-state index in [0.29, 0.717) is 5.92 Å². The fourth-order valence-corrected chi connectivity index (χ4v) is 2.85. The van der Waals surface area contributed by atoms with Crippen molar-refractivity contribution in [3.8, 4) is 12.3 Å². The first kappa shape index (κ1) is 14.0. The lowest BCUT2D eigenvalue weighted by molar-refractivity contribution is 0.0666. The molecule has 0 unspecified atom stereocenters. The third-order valence-corrected chi connectivity index (χ3v) is 3.68. The van der Waals surface area contributed by atoms with E-state index in [1.807, 2.05) is 6.20 Å². The van der Waals surface area contributed by atoms with Gasteiger partial charge in [-0.15, -0.1) is 6.42 Å². The van der Waals surface area contributed by atoms with Crippen molar-refractivity contribution in [2.45, 2.75) is 45.3 Å². The highest BCUT2D eigenvalue weighted by molar-refractivity contribution is 5.44. The molecule has 3 nitrogen and oxygen atoms in total. The largest absolute Gasteiger partial charge is 0.392 e. The molecule has 2 heterocycles. The average Bonchev–Trinajstić information content (AvgIpc) is 2.38. The van der Waals surface area contributed by atoms with Crippen molar-refractivity contribution in [2.75, 3.05) is 13.1 Å². The van der Waals surface area contributed by atoms with Crippen LogP contribution in [-0.4, -0.2) is 34.2 Å². The van der Waals surface area contributed by atoms with Crippen molar-refractivity contribution in [3.63, 3.8) is 0 Å². The molecule has 0 radical (unpaired) electrons. The minimum atomic E-state index is -0.194. The van der Waals surface area contributed by atoms with Gasteiger partial charge in [0.15, 0.2) is 0 Å². The van der Waals surface area contributed by atoms with Gasteiger partial charge in [-0.05, 0) is 36.4 Å². The number of aliphatic hydroxyl groups excluding tert-OH is 1. The zero-order valence-electron chi connectivity index (χ0n) is 11.8. The second-order valence-corrected chi connectivity index (χ2v) is 5.59. The van der Waals surface area contributed by atoms with Crippen LogP contribution < -0.4 is 0 Å². The van der Waals surface area contributed by atoms with E-state index in [4.69, 9.17) is 6.42 Å². The van der Waals surface area contributed by atoms with E-state index in [-0.39, 0.29) is 6.10 Å². The third-order valence-electron chi connectivity index (χ3n) is 3.68. The fraction of sp³-hybridized carbons (Fsp3) is 0.562. The molecule has 1 aliphatic heterocycles. The molecule has 1 N–H and O–H groups in total. The normalized spacial score (nSPS) is 20.5. The van der Waals surface area contributed by atoms with E-state index in [2.05, 4.69) is 29.7 Å². The maximum absolute atomic E-state index is 9.75. The Morgan fingerprint density at radius 1 is 1.53 bits per heavy atom. The van der Waals surface area contributed by atoms with E-state index in [0.717, 1.165) is 38.0 Å². The highest BCUT2D eigenvalue weighted by Gasteiger charge is 2.20. The number of likely N-dealkylation sites (tertiary alicyclic amines) is 1. The predicted octanol–water partition coefficient (Wildman–Crippen LogP) is 2.14. The van der Waals surface area contributed by atoms with Crippen LogP contribution in [0.25, 0.3) is 0 Å². The van der Waals surface area contributed by atoms with E-state index >= 15 is 0 Å². The maximum Gasteiger partial charge on any atom is 0.0667 e. The summed E-state index contributed by atoms with van der Waals surface area (Å²) >= 11 is 0. The number of terminal acetylenes is 1. The monoisotopic (exact) mass is 258 g/mol. The van der Waals surface area contributed by atoms with Gasteiger partial charge in [0.1, 0.15) is 0 Å². The smallest absolute Gasteiger partial charge is 0.0667 e. The molecule has 0 saturated carbocycles. The SMILES string of the molecule is C#Cc1cncc(CN2CCC[C@H](O)C2)c1C(C)C. The average molecular weight is 258 g/mol. The summed E-state index contributed by atoms with van der Waals surface area (Å²) in [6.45, 7) is 6.93. The summed E-state index contributed by atoms with van der Waals surface area (Å²) in [5, 5.41) is 9.75. The van der Waals surface area contributed by atoms with Crippen LogP contribution in [0.15, 0.2) is 12.4 Å². The molecular formula is C16H22N2O. The van der Waals surface area contributed by atoms with Crippen LogP contribution in [0.5, 0.6) is 0 Å². The summed E-state index contributed by atoms with van der Waals surface area (Å²) in [4.78, 5) is 6.54. The highest BCUT2D eigenvalue weighted by Crippen LogP contribution is 2.24. The van der Waals surface area contributed by atoms with Gasteiger partial charge in [-0.25, -0.2) is 0 Å². The number of pyridine rings is 1. The van der Waals surface area contributed by atoms with Crippen molar-refractivity contribution < 1.29 is 5.11 Å². The molecule has 1 aliphatic rings. The fourth-order valence-electron chi connectivity index (χ4n) is 2.85. The van der Waals surface area contributed by atoms with Gasteiger partial charge in [-0.2, -0.15) is 0 Å². The number of piperidine rings is 1. The lowest BCUT2D eigenvalue weighted by Gasteiger charge is -2.31. The predicted molar refractivity (Wildman–Crippen MR) is 76.8 cm³/mol. The van der Waals surface area contributed by atoms with Crippen LogP contribution in [0.4, 0.5) is 0 Å². The van der Waals surface area contributed by atoms with E-state index < -0.39 is 0 Å². The first-order chi connectivity index (χ1) is 9.11. The second-order valence-electron chi connectivity index (χ2n) is 5.59. The first-order valence-corrected chi connectivity index (χ1v) is 6.95. The minimum Gasteiger partial charge on any atom is -0.392 e. The van der Waals surface area contributed by atoms with E-state index in [1.54, 1.807) is 6.20 Å². The Labute approximate surface area is 115 Å². The molecule has 0 aliphatic carbocycles. The summed E-state index contributed by atoms with van der Waals surface area (Å²) in [5.41, 5.74) is 3.31. The zero-order chi connectivity index (χ0) is 13.8. The second kappa shape index (κ2) is 6.18. The van der Waals surface area contributed by atoms with Crippen LogP contribution >= 0.6 is 0 Å². The molecule has 0 spiro atoms. The van der Waals surface area contributed by atoms with Crippen molar-refractivity contribution >= 4 is 0 Å². The van der Waals surface area contributed by atoms with Crippen LogP contribution in [0.3, 0.4) is 0 Å². The summed E-state index contributed by atoms with van der Waals surface area (Å²) < 4.78 is 0. The van der Waals surface area contributed by atoms with E-state index in [1.165, 1.54) is 11.1 Å². The quantitative estimate of drug-likeness (QED) is 0.844. The van der Waals surface area contributed by atoms with Gasteiger partial charge < -0.3 is 5.11 Å². The Bertz CT molecular complexity index is 476. The van der Waals surface area contributed by atoms with Crippen molar-refractivity contribution in [2.24, 2.45) is 0 Å². The molecule has 0 aromatic carbocycles. The number of nitrogens with zero attached hydrogens (tertiary/aromatic N) is 2. The lowest BCUT2D eigenvalue weighted by atomic mass is 9.93. The van der Waals surface area contributed by atoms with Gasteiger partial charge in [0.25, 0.3) is 0 Å². The highest BCUT2D eigenvalue weighted by atomic mass is 16.3. The molecule has 1 aromatic heterocycles. The summed E-state index contributed by atoms with van der Waals surface area (Å²) in [5.74, 6) is 3.12. The number of aliphatic hydroxyl groups is 1. The van der Waals surface area contributed by atoms with Gasteiger partial charge >= 0.3 is 0 Å². The summed E-state index contributed by atoms with van der Waals surface area (Å²) in [6, 6.07) is 0. The maximum atomic E-state index is 9.75. The zero-order valence-corrected chi connectivity index (χ0v) is 11.8. The molecule has 1 aromatic rings. The number of rotatable bonds is 3. The molecular weight excluding hydrogens is 236 g/mol. The van der Waals surface area contributed by atoms with Crippen LogP contribution in [0.1, 0.15) is 49.3 Å². The Morgan fingerprint density at radius 2 is 2.32 bits per heavy atom. The molecule has 1 fully saturated rings. The molecule has 0 amide bonds. The van der Waals surface area contributed by atoms with Gasteiger partial charge in [0.05, 0.1) is 6.10 Å². The first-order valence-electron chi connectivity index (χ1n) is 6.95. The lowest BCUT2D eigenvalue weighted by Crippen LogP contribution is -2.37. The standard InChI is InChI=1S/C16H22N2O/c1-4-13-8-17-9-14(16(13)12(2)3)10-18-7-5-6-15(19)11-18/h1,8-9,12,15,19H,5-7,10-11H2,2-3H3/t15-/m0/s1. The van der Waals surface area contributed by atoms with Gasteiger partial charge in [-0.1, -0.05) is 19.8 Å². The molecule has 19 heavy (non-hydrogen) atoms. The van der Waals surface area contributed by atoms with Gasteiger partial charge in [-0.3, -0.25) is 9.88 Å². The molecule has 102 valence electrons. The number of hydrogen-bond acceptors (Lipinski definition) is 3. The Morgan fingerprint density at radius 3 is 2.95 bits per heavy atom. The third kappa shape index (κ3) is 3.34. The molecule has 1 saturated heterocycles. The number of hydrogen-bond donors (Lipinski definition) is 1. The Hall–Kier alpha value is -1.37. The van der Waals surface area contributed by atoms with Crippen LogP contribution in [-0.2, 0) is 6.54 Å². The summed E-state index contributed by atoms with van der Waals surface area (Å²) in [6.07, 6.45) is 11.0. The molecule has 1 atom stereocenters. The Balaban J connectivity index is 2.22. The van der Waals surface area contributed by atoms with Gasteiger partial charge in [0, 0.05) is 31.0 Å². The van der Waals surface area contributed by atoms with E-state index in [9.17, 15) is 5.11 Å². The summed E-state index contributed by atoms with van der Waals surface area (Å²) in [7, 11) is 0.